The Morgan fingerprint density at radius 3 is 2.61 bits per heavy atom. The van der Waals surface area contributed by atoms with Crippen molar-refractivity contribution in [1.29, 1.82) is 0 Å². The minimum absolute atomic E-state index is 0.0363. The Bertz CT molecular complexity index is 730. The molecule has 0 heterocycles. The smallest absolute Gasteiger partial charge is 0.270 e. The van der Waals surface area contributed by atoms with Crippen molar-refractivity contribution in [2.75, 3.05) is 12.0 Å². The number of thiocarbonyl (C=S) groups is 1. The third kappa shape index (κ3) is 7.06. The lowest BCUT2D eigenvalue weighted by Gasteiger charge is -2.36. The number of aliphatic hydroxyl groups is 1. The number of nitro benzene ring substituents is 1. The highest BCUT2D eigenvalue weighted by molar-refractivity contribution is 7.98. The first kappa shape index (κ1) is 23.8. The molecule has 0 aromatic heterocycles. The Labute approximate surface area is 174 Å². The summed E-state index contributed by atoms with van der Waals surface area (Å²) in [5.41, 5.74) is -1.22. The van der Waals surface area contributed by atoms with E-state index in [1.165, 1.54) is 24.3 Å². The molecule has 0 fully saturated rings. The van der Waals surface area contributed by atoms with Crippen molar-refractivity contribution in [3.63, 3.8) is 0 Å². The van der Waals surface area contributed by atoms with Gasteiger partial charge in [0.1, 0.15) is 0 Å². The van der Waals surface area contributed by atoms with Crippen molar-refractivity contribution in [2.45, 2.75) is 30.9 Å². The molecule has 1 aromatic rings. The van der Waals surface area contributed by atoms with Gasteiger partial charge in [-0.3, -0.25) is 20.2 Å². The third-order valence-corrected chi connectivity index (χ3v) is 4.97. The predicted molar refractivity (Wildman–Crippen MR) is 118 cm³/mol. The first-order valence-electron chi connectivity index (χ1n) is 8.56. The maximum Gasteiger partial charge on any atom is 0.270 e. The Kier molecular flexibility index (Phi) is 9.84. The average molecular weight is 424 g/mol. The molecule has 0 aliphatic heterocycles. The molecular formula is C19H25N3O4S2. The van der Waals surface area contributed by atoms with Gasteiger partial charge in [-0.1, -0.05) is 18.2 Å². The van der Waals surface area contributed by atoms with Crippen molar-refractivity contribution in [1.82, 2.24) is 10.6 Å². The molecule has 0 unspecified atom stereocenters. The summed E-state index contributed by atoms with van der Waals surface area (Å²) in [5.74, 6) is 0.205. The Morgan fingerprint density at radius 2 is 2.07 bits per heavy atom. The van der Waals surface area contributed by atoms with Gasteiger partial charge in [-0.25, -0.2) is 0 Å². The molecule has 0 saturated heterocycles. The van der Waals surface area contributed by atoms with E-state index < -0.39 is 22.5 Å². The average Bonchev–Trinajstić information content (AvgIpc) is 2.65. The molecule has 28 heavy (non-hydrogen) atoms. The van der Waals surface area contributed by atoms with E-state index in [0.29, 0.717) is 19.3 Å². The summed E-state index contributed by atoms with van der Waals surface area (Å²) in [6.45, 7) is 7.39. The van der Waals surface area contributed by atoms with Crippen LogP contribution in [-0.4, -0.2) is 44.7 Å². The van der Waals surface area contributed by atoms with E-state index in [-0.39, 0.29) is 16.4 Å². The first-order valence-corrected chi connectivity index (χ1v) is 10.4. The molecule has 1 rings (SSSR count). The lowest BCUT2D eigenvalue weighted by Crippen LogP contribution is -2.55. The quantitative estimate of drug-likeness (QED) is 0.217. The Balaban J connectivity index is 2.91. The van der Waals surface area contributed by atoms with E-state index in [0.717, 1.165) is 5.75 Å². The van der Waals surface area contributed by atoms with Crippen molar-refractivity contribution in [2.24, 2.45) is 0 Å². The minimum atomic E-state index is -1.15. The van der Waals surface area contributed by atoms with Crippen LogP contribution in [0.15, 0.2) is 49.6 Å². The van der Waals surface area contributed by atoms with Gasteiger partial charge in [-0.2, -0.15) is 11.8 Å². The van der Waals surface area contributed by atoms with Gasteiger partial charge in [0.15, 0.2) is 5.11 Å². The maximum absolute atomic E-state index is 12.4. The molecule has 0 bridgehead atoms. The summed E-state index contributed by atoms with van der Waals surface area (Å²) < 4.78 is 0. The number of hydrogen-bond donors (Lipinski definition) is 3. The highest BCUT2D eigenvalue weighted by Crippen LogP contribution is 2.24. The molecule has 1 amide bonds. The SMILES string of the molecule is C=CCC(O)(CC=C)[C@H](CCSC)NC(=S)NC(=O)c1cccc([N+](=O)[O-])c1. The van der Waals surface area contributed by atoms with Crippen LogP contribution in [-0.2, 0) is 0 Å². The third-order valence-electron chi connectivity index (χ3n) is 4.11. The molecule has 1 atom stereocenters. The molecule has 0 radical (unpaired) electrons. The van der Waals surface area contributed by atoms with E-state index in [2.05, 4.69) is 23.8 Å². The van der Waals surface area contributed by atoms with Crippen LogP contribution < -0.4 is 10.6 Å². The largest absolute Gasteiger partial charge is 0.387 e. The predicted octanol–water partition coefficient (Wildman–Crippen LogP) is 3.20. The van der Waals surface area contributed by atoms with Crippen LogP contribution >= 0.6 is 24.0 Å². The van der Waals surface area contributed by atoms with Crippen LogP contribution in [0.1, 0.15) is 29.6 Å². The van der Waals surface area contributed by atoms with Crippen LogP contribution in [0, 0.1) is 10.1 Å². The molecule has 152 valence electrons. The van der Waals surface area contributed by atoms with Gasteiger partial charge < -0.3 is 10.4 Å². The van der Waals surface area contributed by atoms with Gasteiger partial charge in [0, 0.05) is 17.7 Å². The van der Waals surface area contributed by atoms with Crippen LogP contribution in [0.2, 0.25) is 0 Å². The van der Waals surface area contributed by atoms with E-state index in [9.17, 15) is 20.0 Å². The maximum atomic E-state index is 12.4. The topological polar surface area (TPSA) is 104 Å². The van der Waals surface area contributed by atoms with Crippen molar-refractivity contribution < 1.29 is 14.8 Å². The summed E-state index contributed by atoms with van der Waals surface area (Å²) in [6, 6.07) is 4.93. The van der Waals surface area contributed by atoms with Gasteiger partial charge in [-0.15, -0.1) is 13.2 Å². The second kappa shape index (κ2) is 11.6. The molecule has 0 saturated carbocycles. The fourth-order valence-electron chi connectivity index (χ4n) is 2.71. The number of nitro groups is 1. The summed E-state index contributed by atoms with van der Waals surface area (Å²) >= 11 is 6.86. The van der Waals surface area contributed by atoms with Gasteiger partial charge in [0.05, 0.1) is 16.6 Å². The highest BCUT2D eigenvalue weighted by atomic mass is 32.2. The van der Waals surface area contributed by atoms with Gasteiger partial charge in [0.25, 0.3) is 11.6 Å². The molecular weight excluding hydrogens is 398 g/mol. The number of hydrogen-bond acceptors (Lipinski definition) is 6. The minimum Gasteiger partial charge on any atom is -0.387 e. The number of nitrogens with one attached hydrogen (secondary N) is 2. The Hall–Kier alpha value is -2.23. The highest BCUT2D eigenvalue weighted by Gasteiger charge is 2.34. The fraction of sp³-hybridized carbons (Fsp3) is 0.368. The summed E-state index contributed by atoms with van der Waals surface area (Å²) in [5, 5.41) is 27.5. The summed E-state index contributed by atoms with van der Waals surface area (Å²) in [6.07, 6.45) is 6.47. The lowest BCUT2D eigenvalue weighted by molar-refractivity contribution is -0.384. The number of non-ortho nitro benzene ring substituents is 1. The van der Waals surface area contributed by atoms with Gasteiger partial charge >= 0.3 is 0 Å². The zero-order chi connectivity index (χ0) is 21.2. The number of benzene rings is 1. The molecule has 0 aliphatic carbocycles. The fourth-order valence-corrected chi connectivity index (χ4v) is 3.42. The first-order chi connectivity index (χ1) is 13.3. The number of carbonyl (C=O) groups excluding carboxylic acids is 1. The van der Waals surface area contributed by atoms with E-state index >= 15 is 0 Å². The van der Waals surface area contributed by atoms with Crippen LogP contribution in [0.4, 0.5) is 5.69 Å². The number of thioether (sulfide) groups is 1. The monoisotopic (exact) mass is 423 g/mol. The second-order valence-corrected chi connectivity index (χ2v) is 7.55. The molecule has 7 nitrogen and oxygen atoms in total. The molecule has 3 N–H and O–H groups in total. The zero-order valence-electron chi connectivity index (χ0n) is 15.7. The number of carbonyl (C=O) groups is 1. The molecule has 9 heteroatoms. The van der Waals surface area contributed by atoms with Crippen LogP contribution in [0.5, 0.6) is 0 Å². The van der Waals surface area contributed by atoms with Crippen molar-refractivity contribution >= 4 is 40.7 Å². The van der Waals surface area contributed by atoms with Gasteiger partial charge in [-0.05, 0) is 49.6 Å². The zero-order valence-corrected chi connectivity index (χ0v) is 17.4. The van der Waals surface area contributed by atoms with Gasteiger partial charge in [0.2, 0.25) is 0 Å². The molecule has 1 aromatic carbocycles. The second-order valence-electron chi connectivity index (χ2n) is 6.16. The van der Waals surface area contributed by atoms with E-state index in [4.69, 9.17) is 12.2 Å². The lowest BCUT2D eigenvalue weighted by atomic mass is 9.85. The normalized spacial score (nSPS) is 11.9. The van der Waals surface area contributed by atoms with Crippen molar-refractivity contribution in [3.05, 3.63) is 65.3 Å². The number of rotatable bonds is 11. The number of nitrogens with zero attached hydrogens (tertiary/aromatic N) is 1. The van der Waals surface area contributed by atoms with Crippen LogP contribution in [0.25, 0.3) is 0 Å². The molecule has 0 aliphatic rings. The van der Waals surface area contributed by atoms with Crippen LogP contribution in [0.3, 0.4) is 0 Å². The standard InChI is InChI=1S/C19H25N3O4S2/c1-4-10-19(24,11-5-2)16(9-12-28-3)20-18(27)21-17(23)14-7-6-8-15(13-14)22(25)26/h4-8,13,16,24H,1-2,9-12H2,3H3,(H2,20,21,23,27)/t16-/m0/s1. The number of amides is 1. The van der Waals surface area contributed by atoms with Crippen molar-refractivity contribution in [3.8, 4) is 0 Å². The van der Waals surface area contributed by atoms with E-state index in [1.54, 1.807) is 23.9 Å². The Morgan fingerprint density at radius 1 is 1.43 bits per heavy atom. The van der Waals surface area contributed by atoms with E-state index in [1.807, 2.05) is 6.26 Å². The summed E-state index contributed by atoms with van der Waals surface area (Å²) in [4.78, 5) is 22.7. The molecule has 0 spiro atoms. The summed E-state index contributed by atoms with van der Waals surface area (Å²) in [7, 11) is 0.